The monoisotopic (exact) mass is 421 g/mol. The second-order valence-corrected chi connectivity index (χ2v) is 7.40. The van der Waals surface area contributed by atoms with Crippen molar-refractivity contribution in [2.45, 2.75) is 11.8 Å². The first-order valence-electron chi connectivity index (χ1n) is 7.75. The molecule has 8 nitrogen and oxygen atoms in total. The van der Waals surface area contributed by atoms with E-state index in [1.807, 2.05) is 0 Å². The van der Waals surface area contributed by atoms with Crippen LogP contribution in [0.15, 0.2) is 53.1 Å². The standard InChI is InChI=1S/C18H16ClN3O5S/c1-11-6-16(17(27-2)8-15(11)19)21-10-12(9-20)18(23)22-13-4-3-5-14(7-13)28(24,25)26/h3-8,10,21H,1-2H3,(H,22,23)(H,24,25,26)/b12-10-. The number of hydrogen-bond acceptors (Lipinski definition) is 6. The summed E-state index contributed by atoms with van der Waals surface area (Å²) in [6, 6.07) is 10.0. The van der Waals surface area contributed by atoms with Crippen molar-refractivity contribution >= 4 is 39.0 Å². The quantitative estimate of drug-likeness (QED) is 0.370. The van der Waals surface area contributed by atoms with Crippen LogP contribution in [0.25, 0.3) is 0 Å². The van der Waals surface area contributed by atoms with Gasteiger partial charge in [-0.25, -0.2) is 0 Å². The first-order valence-corrected chi connectivity index (χ1v) is 9.57. The molecule has 0 spiro atoms. The van der Waals surface area contributed by atoms with Crippen LogP contribution in [0.4, 0.5) is 11.4 Å². The van der Waals surface area contributed by atoms with Gasteiger partial charge in [0.25, 0.3) is 16.0 Å². The number of halogens is 1. The first kappa shape index (κ1) is 21.2. The van der Waals surface area contributed by atoms with E-state index in [1.165, 1.54) is 31.5 Å². The Bertz CT molecular complexity index is 1090. The van der Waals surface area contributed by atoms with Crippen LogP contribution in [0.5, 0.6) is 5.75 Å². The second-order valence-electron chi connectivity index (χ2n) is 5.57. The Balaban J connectivity index is 2.23. The molecule has 0 saturated carbocycles. The molecule has 0 unspecified atom stereocenters. The summed E-state index contributed by atoms with van der Waals surface area (Å²) in [7, 11) is -2.96. The van der Waals surface area contributed by atoms with E-state index in [2.05, 4.69) is 10.6 Å². The molecule has 2 aromatic rings. The Morgan fingerprint density at radius 2 is 2.04 bits per heavy atom. The number of amides is 1. The molecule has 0 aliphatic rings. The number of anilines is 2. The molecule has 10 heteroatoms. The van der Waals surface area contributed by atoms with Gasteiger partial charge in [-0.1, -0.05) is 17.7 Å². The number of nitriles is 1. The molecular formula is C18H16ClN3O5S. The SMILES string of the molecule is COc1cc(Cl)c(C)cc1N/C=C(/C#N)C(=O)Nc1cccc(S(=O)(=O)O)c1. The van der Waals surface area contributed by atoms with Gasteiger partial charge < -0.3 is 15.4 Å². The zero-order chi connectivity index (χ0) is 20.9. The minimum absolute atomic E-state index is 0.0983. The van der Waals surface area contributed by atoms with Gasteiger partial charge >= 0.3 is 0 Å². The summed E-state index contributed by atoms with van der Waals surface area (Å²) in [4.78, 5) is 11.9. The Morgan fingerprint density at radius 3 is 2.64 bits per heavy atom. The summed E-state index contributed by atoms with van der Waals surface area (Å²) in [5.74, 6) is -0.349. The van der Waals surface area contributed by atoms with Gasteiger partial charge in [-0.05, 0) is 36.8 Å². The van der Waals surface area contributed by atoms with Crippen LogP contribution in [0.1, 0.15) is 5.56 Å². The summed E-state index contributed by atoms with van der Waals surface area (Å²) in [6.07, 6.45) is 1.19. The highest BCUT2D eigenvalue weighted by Gasteiger charge is 2.14. The number of hydrogen-bond donors (Lipinski definition) is 3. The number of rotatable bonds is 6. The number of methoxy groups -OCH3 is 1. The van der Waals surface area contributed by atoms with Crippen LogP contribution in [0.3, 0.4) is 0 Å². The lowest BCUT2D eigenvalue weighted by atomic mass is 10.2. The molecule has 3 N–H and O–H groups in total. The van der Waals surface area contributed by atoms with Crippen molar-refractivity contribution in [2.75, 3.05) is 17.7 Å². The van der Waals surface area contributed by atoms with Crippen LogP contribution in [0, 0.1) is 18.3 Å². The number of carbonyl (C=O) groups is 1. The van der Waals surface area contributed by atoms with E-state index >= 15 is 0 Å². The van der Waals surface area contributed by atoms with E-state index in [9.17, 15) is 18.5 Å². The molecule has 2 rings (SSSR count). The maximum Gasteiger partial charge on any atom is 0.294 e. The van der Waals surface area contributed by atoms with E-state index in [4.69, 9.17) is 20.9 Å². The smallest absolute Gasteiger partial charge is 0.294 e. The van der Waals surface area contributed by atoms with Crippen LogP contribution < -0.4 is 15.4 Å². The van der Waals surface area contributed by atoms with Gasteiger partial charge in [-0.2, -0.15) is 13.7 Å². The van der Waals surface area contributed by atoms with Crippen LogP contribution in [0.2, 0.25) is 5.02 Å². The molecule has 0 radical (unpaired) electrons. The van der Waals surface area contributed by atoms with Crippen molar-refractivity contribution in [3.8, 4) is 11.8 Å². The Morgan fingerprint density at radius 1 is 1.32 bits per heavy atom. The van der Waals surface area contributed by atoms with Crippen molar-refractivity contribution in [2.24, 2.45) is 0 Å². The molecule has 0 heterocycles. The number of ether oxygens (including phenoxy) is 1. The first-order chi connectivity index (χ1) is 13.2. The van der Waals surface area contributed by atoms with Gasteiger partial charge in [0.05, 0.1) is 17.7 Å². The van der Waals surface area contributed by atoms with Gasteiger partial charge in [0.15, 0.2) is 0 Å². The van der Waals surface area contributed by atoms with E-state index in [0.717, 1.165) is 11.6 Å². The average Bonchev–Trinajstić information content (AvgIpc) is 2.64. The van der Waals surface area contributed by atoms with Crippen LogP contribution in [-0.2, 0) is 14.9 Å². The minimum atomic E-state index is -4.42. The fourth-order valence-electron chi connectivity index (χ4n) is 2.18. The number of aryl methyl sites for hydroxylation is 1. The lowest BCUT2D eigenvalue weighted by molar-refractivity contribution is -0.112. The summed E-state index contributed by atoms with van der Waals surface area (Å²) in [6.45, 7) is 1.79. The highest BCUT2D eigenvalue weighted by atomic mass is 35.5. The number of benzene rings is 2. The van der Waals surface area contributed by atoms with Crippen molar-refractivity contribution in [1.82, 2.24) is 0 Å². The Hall–Kier alpha value is -3.06. The van der Waals surface area contributed by atoms with Gasteiger partial charge in [0.1, 0.15) is 17.4 Å². The minimum Gasteiger partial charge on any atom is -0.495 e. The number of nitrogens with zero attached hydrogens (tertiary/aromatic N) is 1. The topological polar surface area (TPSA) is 129 Å². The zero-order valence-corrected chi connectivity index (χ0v) is 16.4. The van der Waals surface area contributed by atoms with Crippen molar-refractivity contribution < 1.29 is 22.5 Å². The summed E-state index contributed by atoms with van der Waals surface area (Å²) < 4.78 is 36.6. The summed E-state index contributed by atoms with van der Waals surface area (Å²) in [5.41, 5.74) is 1.09. The predicted molar refractivity (Wildman–Crippen MR) is 105 cm³/mol. The molecule has 0 atom stereocenters. The number of nitrogens with one attached hydrogen (secondary N) is 2. The van der Waals surface area contributed by atoms with Crippen molar-refractivity contribution in [3.63, 3.8) is 0 Å². The van der Waals surface area contributed by atoms with Gasteiger partial charge in [0, 0.05) is 23.0 Å². The Kier molecular flexibility index (Phi) is 6.64. The largest absolute Gasteiger partial charge is 0.495 e. The van der Waals surface area contributed by atoms with Crippen LogP contribution in [-0.4, -0.2) is 26.0 Å². The third kappa shape index (κ3) is 5.23. The lowest BCUT2D eigenvalue weighted by Crippen LogP contribution is -2.15. The summed E-state index contributed by atoms with van der Waals surface area (Å²) >= 11 is 6.04. The molecule has 1 amide bonds. The van der Waals surface area contributed by atoms with Gasteiger partial charge in [-0.3, -0.25) is 9.35 Å². The molecule has 0 aromatic heterocycles. The zero-order valence-electron chi connectivity index (χ0n) is 14.9. The van der Waals surface area contributed by atoms with Crippen LogP contribution >= 0.6 is 11.6 Å². The highest BCUT2D eigenvalue weighted by molar-refractivity contribution is 7.85. The normalized spacial score (nSPS) is 11.5. The maximum absolute atomic E-state index is 12.3. The highest BCUT2D eigenvalue weighted by Crippen LogP contribution is 2.31. The fraction of sp³-hybridized carbons (Fsp3) is 0.111. The third-order valence-corrected chi connectivity index (χ3v) is 4.86. The molecular weight excluding hydrogens is 406 g/mol. The molecule has 0 aliphatic heterocycles. The van der Waals surface area contributed by atoms with Gasteiger partial charge in [0.2, 0.25) is 0 Å². The molecule has 0 saturated heterocycles. The van der Waals surface area contributed by atoms with E-state index in [0.29, 0.717) is 16.5 Å². The van der Waals surface area contributed by atoms with E-state index in [-0.39, 0.29) is 16.2 Å². The lowest BCUT2D eigenvalue weighted by Gasteiger charge is -2.11. The molecule has 146 valence electrons. The number of carbonyl (C=O) groups excluding carboxylic acids is 1. The van der Waals surface area contributed by atoms with E-state index < -0.39 is 16.0 Å². The van der Waals surface area contributed by atoms with Crippen molar-refractivity contribution in [3.05, 3.63) is 58.8 Å². The van der Waals surface area contributed by atoms with E-state index in [1.54, 1.807) is 25.1 Å². The predicted octanol–water partition coefficient (Wildman–Crippen LogP) is 3.36. The molecule has 0 fully saturated rings. The maximum atomic E-state index is 12.3. The summed E-state index contributed by atoms with van der Waals surface area (Å²) in [5, 5.41) is 15.0. The fourth-order valence-corrected chi connectivity index (χ4v) is 2.86. The second kappa shape index (κ2) is 8.75. The average molecular weight is 422 g/mol. The van der Waals surface area contributed by atoms with Gasteiger partial charge in [-0.15, -0.1) is 0 Å². The molecule has 0 aliphatic carbocycles. The molecule has 28 heavy (non-hydrogen) atoms. The molecule has 2 aromatic carbocycles. The third-order valence-electron chi connectivity index (χ3n) is 3.61. The van der Waals surface area contributed by atoms with Crippen molar-refractivity contribution in [1.29, 1.82) is 5.26 Å². The Labute approximate surface area is 167 Å². The molecule has 0 bridgehead atoms.